The number of benzene rings is 1. The lowest BCUT2D eigenvalue weighted by Crippen LogP contribution is -2.30. The summed E-state index contributed by atoms with van der Waals surface area (Å²) in [5, 5.41) is 9.47. The van der Waals surface area contributed by atoms with Crippen molar-refractivity contribution in [2.75, 3.05) is 13.1 Å². The smallest absolute Gasteiger partial charge is 0.253 e. The van der Waals surface area contributed by atoms with Crippen molar-refractivity contribution in [2.45, 2.75) is 19.4 Å². The summed E-state index contributed by atoms with van der Waals surface area (Å²) in [6.45, 7) is 2.98. The molecule has 92 valence electrons. The zero-order valence-electron chi connectivity index (χ0n) is 9.77. The third kappa shape index (κ3) is 2.64. The number of hydrogen-bond acceptors (Lipinski definition) is 2. The summed E-state index contributed by atoms with van der Waals surface area (Å²) in [5.41, 5.74) is 0.498. The lowest BCUT2D eigenvalue weighted by Gasteiger charge is -2.17. The maximum Gasteiger partial charge on any atom is 0.253 e. The Morgan fingerprint density at radius 3 is 2.65 bits per heavy atom. The van der Waals surface area contributed by atoms with Gasteiger partial charge in [-0.1, -0.05) is 0 Å². The van der Waals surface area contributed by atoms with Gasteiger partial charge in [0.15, 0.2) is 0 Å². The van der Waals surface area contributed by atoms with E-state index < -0.39 is 0 Å². The molecule has 17 heavy (non-hydrogen) atoms. The summed E-state index contributed by atoms with van der Waals surface area (Å²) in [5.74, 6) is -0.280. The van der Waals surface area contributed by atoms with Gasteiger partial charge >= 0.3 is 0 Å². The number of likely N-dealkylation sites (tertiary alicyclic amines) is 1. The van der Waals surface area contributed by atoms with Crippen LogP contribution in [0.4, 0.5) is 4.39 Å². The number of rotatable bonds is 2. The summed E-state index contributed by atoms with van der Waals surface area (Å²) < 4.78 is 12.7. The van der Waals surface area contributed by atoms with Gasteiger partial charge in [0.25, 0.3) is 5.91 Å². The Bertz CT molecular complexity index is 402. The average Bonchev–Trinajstić information content (AvgIpc) is 2.78. The topological polar surface area (TPSA) is 40.5 Å². The van der Waals surface area contributed by atoms with Crippen molar-refractivity contribution in [3.05, 3.63) is 35.6 Å². The fourth-order valence-corrected chi connectivity index (χ4v) is 2.14. The molecule has 3 nitrogen and oxygen atoms in total. The molecule has 1 fully saturated rings. The summed E-state index contributed by atoms with van der Waals surface area (Å²) in [6.07, 6.45) is 0.436. The Morgan fingerprint density at radius 2 is 2.12 bits per heavy atom. The minimum Gasteiger partial charge on any atom is -0.393 e. The van der Waals surface area contributed by atoms with Crippen LogP contribution in [0.25, 0.3) is 0 Å². The fraction of sp³-hybridized carbons (Fsp3) is 0.462. The van der Waals surface area contributed by atoms with E-state index in [0.717, 1.165) is 6.42 Å². The molecule has 2 atom stereocenters. The highest BCUT2D eigenvalue weighted by Gasteiger charge is 2.29. The number of aliphatic hydroxyl groups excluding tert-OH is 1. The van der Waals surface area contributed by atoms with Gasteiger partial charge in [-0.05, 0) is 37.6 Å². The van der Waals surface area contributed by atoms with Crippen LogP contribution >= 0.6 is 0 Å². The normalized spacial score (nSPS) is 21.6. The SMILES string of the molecule is CC(O)C1CCN(C(=O)c2ccc(F)cc2)C1. The van der Waals surface area contributed by atoms with Gasteiger partial charge in [-0.3, -0.25) is 4.79 Å². The van der Waals surface area contributed by atoms with E-state index in [0.29, 0.717) is 18.7 Å². The largest absolute Gasteiger partial charge is 0.393 e. The third-order valence-corrected chi connectivity index (χ3v) is 3.29. The fourth-order valence-electron chi connectivity index (χ4n) is 2.14. The zero-order chi connectivity index (χ0) is 12.4. The van der Waals surface area contributed by atoms with Crippen LogP contribution in [-0.2, 0) is 0 Å². The van der Waals surface area contributed by atoms with Gasteiger partial charge in [-0.25, -0.2) is 4.39 Å². The van der Waals surface area contributed by atoms with Crippen LogP contribution in [0.15, 0.2) is 24.3 Å². The summed E-state index contributed by atoms with van der Waals surface area (Å²) in [6, 6.07) is 5.56. The van der Waals surface area contributed by atoms with Crippen molar-refractivity contribution in [3.8, 4) is 0 Å². The van der Waals surface area contributed by atoms with Crippen LogP contribution in [0.5, 0.6) is 0 Å². The first kappa shape index (κ1) is 12.0. The molecule has 1 saturated heterocycles. The zero-order valence-corrected chi connectivity index (χ0v) is 9.77. The standard InChI is InChI=1S/C13H16FNO2/c1-9(16)11-6-7-15(8-11)13(17)10-2-4-12(14)5-3-10/h2-5,9,11,16H,6-8H2,1H3. The molecule has 2 unspecified atom stereocenters. The Hall–Kier alpha value is -1.42. The molecule has 0 spiro atoms. The third-order valence-electron chi connectivity index (χ3n) is 3.29. The number of nitrogens with zero attached hydrogens (tertiary/aromatic N) is 1. The van der Waals surface area contributed by atoms with E-state index in [1.165, 1.54) is 24.3 Å². The number of halogens is 1. The molecule has 1 N–H and O–H groups in total. The van der Waals surface area contributed by atoms with Gasteiger partial charge in [0.2, 0.25) is 0 Å². The van der Waals surface area contributed by atoms with Crippen molar-refractivity contribution in [2.24, 2.45) is 5.92 Å². The molecular formula is C13H16FNO2. The van der Waals surface area contributed by atoms with Crippen LogP contribution < -0.4 is 0 Å². The van der Waals surface area contributed by atoms with E-state index in [1.54, 1.807) is 11.8 Å². The molecule has 2 rings (SSSR count). The van der Waals surface area contributed by atoms with Crippen LogP contribution in [0.3, 0.4) is 0 Å². The van der Waals surface area contributed by atoms with Gasteiger partial charge in [0.1, 0.15) is 5.82 Å². The van der Waals surface area contributed by atoms with Gasteiger partial charge in [0.05, 0.1) is 6.10 Å². The number of amides is 1. The quantitative estimate of drug-likeness (QED) is 0.850. The van der Waals surface area contributed by atoms with Crippen LogP contribution in [0.1, 0.15) is 23.7 Å². The molecule has 0 saturated carbocycles. The second kappa shape index (κ2) is 4.84. The molecule has 0 bridgehead atoms. The molecule has 4 heteroatoms. The second-order valence-electron chi connectivity index (χ2n) is 4.55. The lowest BCUT2D eigenvalue weighted by molar-refractivity contribution is 0.0762. The predicted octanol–water partition coefficient (Wildman–Crippen LogP) is 1.67. The van der Waals surface area contributed by atoms with Gasteiger partial charge < -0.3 is 10.0 Å². The van der Waals surface area contributed by atoms with Gasteiger partial charge in [0, 0.05) is 24.6 Å². The Balaban J connectivity index is 2.04. The van der Waals surface area contributed by atoms with Crippen molar-refractivity contribution >= 4 is 5.91 Å². The highest BCUT2D eigenvalue weighted by Crippen LogP contribution is 2.21. The highest BCUT2D eigenvalue weighted by molar-refractivity contribution is 5.94. The molecule has 1 heterocycles. The Morgan fingerprint density at radius 1 is 1.47 bits per heavy atom. The minimum atomic E-state index is -0.388. The van der Waals surface area contributed by atoms with Crippen LogP contribution in [0, 0.1) is 11.7 Å². The van der Waals surface area contributed by atoms with Crippen molar-refractivity contribution in [3.63, 3.8) is 0 Å². The number of carbonyl (C=O) groups excluding carboxylic acids is 1. The van der Waals surface area contributed by atoms with Crippen molar-refractivity contribution in [1.29, 1.82) is 0 Å². The number of aliphatic hydroxyl groups is 1. The number of carbonyl (C=O) groups is 1. The molecule has 0 aromatic heterocycles. The van der Waals surface area contributed by atoms with E-state index in [9.17, 15) is 14.3 Å². The second-order valence-corrected chi connectivity index (χ2v) is 4.55. The van der Waals surface area contributed by atoms with E-state index in [-0.39, 0.29) is 23.7 Å². The van der Waals surface area contributed by atoms with Crippen LogP contribution in [0.2, 0.25) is 0 Å². The summed E-state index contributed by atoms with van der Waals surface area (Å²) in [4.78, 5) is 13.8. The van der Waals surface area contributed by atoms with E-state index in [4.69, 9.17) is 0 Å². The van der Waals surface area contributed by atoms with E-state index in [2.05, 4.69) is 0 Å². The Labute approximate surface area is 99.9 Å². The molecule has 1 aromatic rings. The monoisotopic (exact) mass is 237 g/mol. The first-order chi connectivity index (χ1) is 8.08. The van der Waals surface area contributed by atoms with E-state index in [1.807, 2.05) is 0 Å². The van der Waals surface area contributed by atoms with Gasteiger partial charge in [-0.2, -0.15) is 0 Å². The van der Waals surface area contributed by atoms with E-state index >= 15 is 0 Å². The molecule has 1 aliphatic rings. The first-order valence-corrected chi connectivity index (χ1v) is 5.81. The van der Waals surface area contributed by atoms with Gasteiger partial charge in [-0.15, -0.1) is 0 Å². The molecule has 1 aliphatic heterocycles. The molecule has 0 radical (unpaired) electrons. The summed E-state index contributed by atoms with van der Waals surface area (Å²) >= 11 is 0. The maximum absolute atomic E-state index is 12.7. The predicted molar refractivity (Wildman–Crippen MR) is 62.1 cm³/mol. The maximum atomic E-state index is 12.7. The van der Waals surface area contributed by atoms with Crippen LogP contribution in [-0.4, -0.2) is 35.1 Å². The minimum absolute atomic E-state index is 0.0897. The van der Waals surface area contributed by atoms with Crippen molar-refractivity contribution in [1.82, 2.24) is 4.90 Å². The summed E-state index contributed by atoms with van der Waals surface area (Å²) in [7, 11) is 0. The average molecular weight is 237 g/mol. The Kier molecular flexibility index (Phi) is 3.43. The molecule has 1 aromatic carbocycles. The van der Waals surface area contributed by atoms with Crippen molar-refractivity contribution < 1.29 is 14.3 Å². The highest BCUT2D eigenvalue weighted by atomic mass is 19.1. The molecule has 1 amide bonds. The lowest BCUT2D eigenvalue weighted by atomic mass is 10.0. The molecule has 0 aliphatic carbocycles. The first-order valence-electron chi connectivity index (χ1n) is 5.81. The number of hydrogen-bond donors (Lipinski definition) is 1. The molecular weight excluding hydrogens is 221 g/mol.